The molecule has 0 spiro atoms. The number of aryl methyl sites for hydroxylation is 1. The van der Waals surface area contributed by atoms with E-state index in [4.69, 9.17) is 10.2 Å². The van der Waals surface area contributed by atoms with Crippen LogP contribution in [0.4, 0.5) is 0 Å². The first kappa shape index (κ1) is 32.3. The number of phenolic OH excluding ortho intramolecular Hbond substituents is 4. The molecule has 0 aliphatic rings. The Balaban J connectivity index is 0.000000785. The molecule has 0 bridgehead atoms. The number of unbranched alkanes of at least 4 members (excludes halogenated alkanes) is 8. The number of carbonyl (C=O) groups excluding carboxylic acids is 1. The maximum absolute atomic E-state index is 10.1. The molecule has 2 aromatic rings. The van der Waals surface area contributed by atoms with Crippen molar-refractivity contribution in [3.05, 3.63) is 47.5 Å². The standard InChI is InChI=1S/C21H36O2.C6H6O2.C3H6O/c1-4-6-7-8-9-10-11-12-13-14-17(3)19-15-18(5-2)20(22)16-21(19)23;7-5-2-1-3-6(8)4-5;1-2-3-4/h15-17,22-23H,4-14H2,1-3H3;1-4,7-8H;3H,2H2,1H3. The minimum absolute atomic E-state index is 0.0880. The van der Waals surface area contributed by atoms with Crippen molar-refractivity contribution >= 4 is 6.29 Å². The number of benzene rings is 2. The van der Waals surface area contributed by atoms with Crippen molar-refractivity contribution < 1.29 is 25.2 Å². The predicted octanol–water partition coefficient (Wildman–Crippen LogP) is 8.38. The van der Waals surface area contributed by atoms with Gasteiger partial charge in [0, 0.05) is 18.6 Å². The van der Waals surface area contributed by atoms with E-state index in [1.54, 1.807) is 6.07 Å². The first-order valence-electron chi connectivity index (χ1n) is 13.3. The van der Waals surface area contributed by atoms with Gasteiger partial charge in [-0.3, -0.25) is 0 Å². The minimum atomic E-state index is 0.0880. The van der Waals surface area contributed by atoms with E-state index in [1.807, 2.05) is 19.9 Å². The van der Waals surface area contributed by atoms with Crippen molar-refractivity contribution in [1.29, 1.82) is 0 Å². The molecule has 0 heterocycles. The van der Waals surface area contributed by atoms with E-state index in [1.165, 1.54) is 82.1 Å². The molecule has 5 heteroatoms. The quantitative estimate of drug-likeness (QED) is 0.168. The van der Waals surface area contributed by atoms with Crippen LogP contribution in [0.25, 0.3) is 0 Å². The van der Waals surface area contributed by atoms with Gasteiger partial charge in [0.1, 0.15) is 29.3 Å². The van der Waals surface area contributed by atoms with Gasteiger partial charge >= 0.3 is 0 Å². The van der Waals surface area contributed by atoms with Crippen molar-refractivity contribution in [3.63, 3.8) is 0 Å². The molecule has 35 heavy (non-hydrogen) atoms. The second kappa shape index (κ2) is 20.7. The summed E-state index contributed by atoms with van der Waals surface area (Å²) in [5.41, 5.74) is 1.91. The summed E-state index contributed by atoms with van der Waals surface area (Å²) in [6.45, 7) is 8.28. The van der Waals surface area contributed by atoms with Gasteiger partial charge in [-0.05, 0) is 48.1 Å². The maximum atomic E-state index is 10.1. The fourth-order valence-corrected chi connectivity index (χ4v) is 3.73. The molecular formula is C30H48O5. The highest BCUT2D eigenvalue weighted by Crippen LogP contribution is 2.34. The van der Waals surface area contributed by atoms with Crippen molar-refractivity contribution in [2.24, 2.45) is 0 Å². The highest BCUT2D eigenvalue weighted by atomic mass is 16.3. The summed E-state index contributed by atoms with van der Waals surface area (Å²) in [5, 5.41) is 37.2. The van der Waals surface area contributed by atoms with Gasteiger partial charge in [-0.2, -0.15) is 0 Å². The lowest BCUT2D eigenvalue weighted by molar-refractivity contribution is -0.107. The third-order valence-corrected chi connectivity index (χ3v) is 5.88. The van der Waals surface area contributed by atoms with Crippen molar-refractivity contribution in [2.75, 3.05) is 0 Å². The third kappa shape index (κ3) is 15.8. The molecule has 4 N–H and O–H groups in total. The van der Waals surface area contributed by atoms with Crippen LogP contribution in [0.1, 0.15) is 115 Å². The predicted molar refractivity (Wildman–Crippen MR) is 146 cm³/mol. The van der Waals surface area contributed by atoms with Crippen molar-refractivity contribution in [1.82, 2.24) is 0 Å². The van der Waals surface area contributed by atoms with Crippen LogP contribution in [-0.2, 0) is 11.2 Å². The average molecular weight is 489 g/mol. The molecule has 2 aromatic carbocycles. The van der Waals surface area contributed by atoms with Crippen LogP contribution in [0.15, 0.2) is 36.4 Å². The Kier molecular flexibility index (Phi) is 19.1. The van der Waals surface area contributed by atoms with Crippen molar-refractivity contribution in [3.8, 4) is 23.0 Å². The van der Waals surface area contributed by atoms with Crippen LogP contribution in [0.5, 0.6) is 23.0 Å². The molecule has 0 aromatic heterocycles. The zero-order valence-corrected chi connectivity index (χ0v) is 22.3. The molecule has 1 unspecified atom stereocenters. The summed E-state index contributed by atoms with van der Waals surface area (Å²) in [5.74, 6) is 0.979. The Morgan fingerprint density at radius 3 is 1.69 bits per heavy atom. The molecule has 5 nitrogen and oxygen atoms in total. The van der Waals surface area contributed by atoms with Gasteiger partial charge in [0.05, 0.1) is 0 Å². The molecule has 0 fully saturated rings. The molecule has 1 atom stereocenters. The van der Waals surface area contributed by atoms with Gasteiger partial charge in [-0.25, -0.2) is 0 Å². The normalized spacial score (nSPS) is 11.0. The molecule has 0 saturated carbocycles. The zero-order valence-electron chi connectivity index (χ0n) is 22.3. The summed E-state index contributed by atoms with van der Waals surface area (Å²) in [7, 11) is 0. The van der Waals surface area contributed by atoms with Gasteiger partial charge in [-0.15, -0.1) is 0 Å². The highest BCUT2D eigenvalue weighted by Gasteiger charge is 2.13. The molecule has 0 amide bonds. The highest BCUT2D eigenvalue weighted by molar-refractivity contribution is 5.48. The van der Waals surface area contributed by atoms with E-state index >= 15 is 0 Å². The second-order valence-electron chi connectivity index (χ2n) is 9.01. The van der Waals surface area contributed by atoms with E-state index in [9.17, 15) is 15.0 Å². The number of phenols is 4. The van der Waals surface area contributed by atoms with E-state index in [-0.39, 0.29) is 23.0 Å². The maximum Gasteiger partial charge on any atom is 0.122 e. The fraction of sp³-hybridized carbons (Fsp3) is 0.567. The first-order chi connectivity index (χ1) is 16.8. The monoisotopic (exact) mass is 488 g/mol. The number of hydrogen-bond donors (Lipinski definition) is 4. The Bertz CT molecular complexity index is 786. The van der Waals surface area contributed by atoms with E-state index < -0.39 is 0 Å². The second-order valence-corrected chi connectivity index (χ2v) is 9.01. The summed E-state index contributed by atoms with van der Waals surface area (Å²) < 4.78 is 0. The number of hydrogen-bond acceptors (Lipinski definition) is 5. The van der Waals surface area contributed by atoms with Crippen LogP contribution < -0.4 is 0 Å². The van der Waals surface area contributed by atoms with Gasteiger partial charge in [0.15, 0.2) is 0 Å². The molecule has 198 valence electrons. The summed E-state index contributed by atoms with van der Waals surface area (Å²) in [6.07, 6.45) is 15.5. The largest absolute Gasteiger partial charge is 0.508 e. The molecule has 0 radical (unpaired) electrons. The Hall–Kier alpha value is -2.69. The van der Waals surface area contributed by atoms with E-state index in [0.717, 1.165) is 30.3 Å². The van der Waals surface area contributed by atoms with Crippen LogP contribution in [0, 0.1) is 0 Å². The van der Waals surface area contributed by atoms with E-state index in [0.29, 0.717) is 12.3 Å². The SMILES string of the molecule is CCC=O.CCCCCCCCCCCC(C)c1cc(CC)c(O)cc1O.Oc1cccc(O)c1. The molecule has 2 rings (SSSR count). The summed E-state index contributed by atoms with van der Waals surface area (Å²) in [4.78, 5) is 9.17. The van der Waals surface area contributed by atoms with Crippen LogP contribution in [0.2, 0.25) is 0 Å². The minimum Gasteiger partial charge on any atom is -0.508 e. The average Bonchev–Trinajstić information content (AvgIpc) is 2.83. The molecule has 0 aliphatic heterocycles. The number of carbonyl (C=O) groups is 1. The van der Waals surface area contributed by atoms with Gasteiger partial charge in [0.2, 0.25) is 0 Å². The summed E-state index contributed by atoms with van der Waals surface area (Å²) >= 11 is 0. The fourth-order valence-electron chi connectivity index (χ4n) is 3.73. The lowest BCUT2D eigenvalue weighted by Crippen LogP contribution is -1.97. The van der Waals surface area contributed by atoms with Gasteiger partial charge < -0.3 is 25.2 Å². The Morgan fingerprint density at radius 1 is 0.743 bits per heavy atom. The first-order valence-corrected chi connectivity index (χ1v) is 13.3. The van der Waals surface area contributed by atoms with Crippen molar-refractivity contribution in [2.45, 2.75) is 111 Å². The lowest BCUT2D eigenvalue weighted by atomic mass is 9.92. The van der Waals surface area contributed by atoms with Crippen LogP contribution in [-0.4, -0.2) is 26.7 Å². The number of aldehydes is 1. The van der Waals surface area contributed by atoms with Gasteiger partial charge in [0.25, 0.3) is 0 Å². The molecular weight excluding hydrogens is 440 g/mol. The Morgan fingerprint density at radius 2 is 1.26 bits per heavy atom. The van der Waals surface area contributed by atoms with Crippen LogP contribution >= 0.6 is 0 Å². The topological polar surface area (TPSA) is 98.0 Å². The molecule has 0 saturated heterocycles. The summed E-state index contributed by atoms with van der Waals surface area (Å²) in [6, 6.07) is 9.33. The van der Waals surface area contributed by atoms with E-state index in [2.05, 4.69) is 13.8 Å². The zero-order chi connectivity index (χ0) is 26.5. The molecule has 0 aliphatic carbocycles. The third-order valence-electron chi connectivity index (χ3n) is 5.88. The van der Waals surface area contributed by atoms with Gasteiger partial charge in [-0.1, -0.05) is 91.5 Å². The Labute approximate surface area is 212 Å². The number of aromatic hydroxyl groups is 4. The lowest BCUT2D eigenvalue weighted by Gasteiger charge is -2.15. The smallest absolute Gasteiger partial charge is 0.122 e. The number of rotatable bonds is 13. The van der Waals surface area contributed by atoms with Crippen LogP contribution in [0.3, 0.4) is 0 Å².